The molecule has 3 nitrogen and oxygen atoms in total. The molecule has 0 N–H and O–H groups in total. The summed E-state index contributed by atoms with van der Waals surface area (Å²) >= 11 is 0. The monoisotopic (exact) mass is 288 g/mol. The second-order valence-electron chi connectivity index (χ2n) is 4.20. The number of nitrogens with zero attached hydrogens (tertiary/aromatic N) is 2. The molecule has 0 unspecified atom stereocenters. The van der Waals surface area contributed by atoms with Gasteiger partial charge in [-0.2, -0.15) is 31.6 Å². The molecule has 0 saturated carbocycles. The van der Waals surface area contributed by atoms with Crippen LogP contribution in [0.25, 0.3) is 0 Å². The van der Waals surface area contributed by atoms with E-state index < -0.39 is 49.6 Å². The molecule has 0 bridgehead atoms. The molecule has 0 aliphatic carbocycles. The van der Waals surface area contributed by atoms with E-state index in [1.165, 1.54) is 6.07 Å². The first-order valence-electron chi connectivity index (χ1n) is 5.39. The van der Waals surface area contributed by atoms with E-state index in [2.05, 4.69) is 0 Å². The summed E-state index contributed by atoms with van der Waals surface area (Å²) in [4.78, 5) is 11.5. The topological polar surface area (TPSA) is 44.1 Å². The van der Waals surface area contributed by atoms with Crippen molar-refractivity contribution in [2.75, 3.05) is 6.54 Å². The molecule has 1 heterocycles. The quantitative estimate of drug-likeness (QED) is 0.696. The van der Waals surface area contributed by atoms with Gasteiger partial charge in [0, 0.05) is 6.54 Å². The first-order valence-corrected chi connectivity index (χ1v) is 5.39. The smallest absolute Gasteiger partial charge is 0.329 e. The summed E-state index contributed by atoms with van der Waals surface area (Å²) in [6, 6.07) is -1.55. The summed E-state index contributed by atoms with van der Waals surface area (Å²) in [5, 5.41) is 8.28. The zero-order valence-corrected chi connectivity index (χ0v) is 9.55. The van der Waals surface area contributed by atoms with Crippen molar-refractivity contribution in [3.8, 4) is 6.07 Å². The molecule has 1 fully saturated rings. The van der Waals surface area contributed by atoms with Gasteiger partial charge in [-0.05, 0) is 12.8 Å². The zero-order chi connectivity index (χ0) is 14.8. The van der Waals surface area contributed by atoms with Gasteiger partial charge >= 0.3 is 12.4 Å². The number of likely N-dealkylation sites (tertiary alicyclic amines) is 1. The standard InChI is InChI=1S/C10H10F6N2O/c11-9(12,13)6-2-1-5-18(7(19)3-4-17)8(6)10(14,15)16/h6,8H,1-3,5H2/t6-,8+/m1/s1. The largest absolute Gasteiger partial charge is 0.409 e. The highest BCUT2D eigenvalue weighted by molar-refractivity contribution is 5.78. The Bertz CT molecular complexity index is 383. The second-order valence-corrected chi connectivity index (χ2v) is 4.20. The molecular formula is C10H10F6N2O. The van der Waals surface area contributed by atoms with E-state index in [4.69, 9.17) is 5.26 Å². The molecule has 9 heteroatoms. The minimum absolute atomic E-state index is 0.130. The number of rotatable bonds is 1. The van der Waals surface area contributed by atoms with E-state index in [9.17, 15) is 31.1 Å². The summed E-state index contributed by atoms with van der Waals surface area (Å²) in [6.07, 6.45) is -11.9. The van der Waals surface area contributed by atoms with Gasteiger partial charge in [-0.25, -0.2) is 0 Å². The summed E-state index contributed by atoms with van der Waals surface area (Å²) in [7, 11) is 0. The van der Waals surface area contributed by atoms with Gasteiger partial charge in [0.15, 0.2) is 0 Å². The highest BCUT2D eigenvalue weighted by Crippen LogP contribution is 2.44. The van der Waals surface area contributed by atoms with Crippen LogP contribution in [-0.2, 0) is 4.79 Å². The molecule has 1 rings (SSSR count). The first kappa shape index (κ1) is 15.6. The molecule has 2 atom stereocenters. The fourth-order valence-corrected chi connectivity index (χ4v) is 2.19. The molecule has 0 aromatic carbocycles. The molecule has 19 heavy (non-hydrogen) atoms. The van der Waals surface area contributed by atoms with E-state index in [0.29, 0.717) is 0 Å². The van der Waals surface area contributed by atoms with Crippen molar-refractivity contribution in [3.63, 3.8) is 0 Å². The summed E-state index contributed by atoms with van der Waals surface area (Å²) in [5.74, 6) is -3.86. The van der Waals surface area contributed by atoms with Gasteiger partial charge in [0.25, 0.3) is 0 Å². The third-order valence-electron chi connectivity index (χ3n) is 2.94. The van der Waals surface area contributed by atoms with Crippen LogP contribution in [-0.4, -0.2) is 35.7 Å². The van der Waals surface area contributed by atoms with Crippen molar-refractivity contribution in [1.82, 2.24) is 4.90 Å². The maximum Gasteiger partial charge on any atom is 0.409 e. The van der Waals surface area contributed by atoms with Crippen LogP contribution in [0.5, 0.6) is 0 Å². The molecule has 0 aromatic rings. The third kappa shape index (κ3) is 3.52. The lowest BCUT2D eigenvalue weighted by atomic mass is 9.87. The summed E-state index contributed by atoms with van der Waals surface area (Å²) in [5.41, 5.74) is 0. The lowest BCUT2D eigenvalue weighted by Gasteiger charge is -2.42. The minimum atomic E-state index is -5.17. The lowest BCUT2D eigenvalue weighted by molar-refractivity contribution is -0.264. The SMILES string of the molecule is N#CCC(=O)N1CCC[C@@H](C(F)(F)F)[C@H]1C(F)(F)F. The Morgan fingerprint density at radius 3 is 2.21 bits per heavy atom. The van der Waals surface area contributed by atoms with Crippen molar-refractivity contribution in [2.24, 2.45) is 5.92 Å². The number of carbonyl (C=O) groups is 1. The fraction of sp³-hybridized carbons (Fsp3) is 0.800. The van der Waals surface area contributed by atoms with Gasteiger partial charge in [-0.1, -0.05) is 0 Å². The highest BCUT2D eigenvalue weighted by Gasteiger charge is 2.59. The number of hydrogen-bond donors (Lipinski definition) is 0. The molecule has 1 amide bonds. The number of halogens is 6. The van der Waals surface area contributed by atoms with E-state index in [1.54, 1.807) is 0 Å². The van der Waals surface area contributed by atoms with Crippen molar-refractivity contribution < 1.29 is 31.1 Å². The van der Waals surface area contributed by atoms with E-state index >= 15 is 0 Å². The van der Waals surface area contributed by atoms with Gasteiger partial charge in [-0.15, -0.1) is 0 Å². The van der Waals surface area contributed by atoms with Crippen LogP contribution in [0.2, 0.25) is 0 Å². The predicted molar refractivity (Wildman–Crippen MR) is 50.6 cm³/mol. The molecule has 1 saturated heterocycles. The van der Waals surface area contributed by atoms with Crippen LogP contribution in [0.15, 0.2) is 0 Å². The number of nitriles is 1. The number of amides is 1. The molecule has 0 radical (unpaired) electrons. The van der Waals surface area contributed by atoms with E-state index in [1.807, 2.05) is 0 Å². The van der Waals surface area contributed by atoms with Crippen LogP contribution in [0.3, 0.4) is 0 Å². The maximum atomic E-state index is 12.8. The molecule has 108 valence electrons. The maximum absolute atomic E-state index is 12.8. The van der Waals surface area contributed by atoms with Gasteiger partial charge < -0.3 is 4.90 Å². The first-order chi connectivity index (χ1) is 8.59. The molecule has 1 aliphatic rings. The van der Waals surface area contributed by atoms with Crippen LogP contribution in [0.4, 0.5) is 26.3 Å². The van der Waals surface area contributed by atoms with Crippen molar-refractivity contribution in [3.05, 3.63) is 0 Å². The molecule has 0 aromatic heterocycles. The van der Waals surface area contributed by atoms with Crippen molar-refractivity contribution in [1.29, 1.82) is 5.26 Å². The number of hydrogen-bond acceptors (Lipinski definition) is 2. The minimum Gasteiger partial charge on any atom is -0.329 e. The van der Waals surface area contributed by atoms with Gasteiger partial charge in [0.1, 0.15) is 12.5 Å². The highest BCUT2D eigenvalue weighted by atomic mass is 19.4. The molecule has 1 aliphatic heterocycles. The lowest BCUT2D eigenvalue weighted by Crippen LogP contribution is -2.59. The Morgan fingerprint density at radius 1 is 1.21 bits per heavy atom. The number of piperidine rings is 1. The molecular weight excluding hydrogens is 278 g/mol. The van der Waals surface area contributed by atoms with E-state index in [-0.39, 0.29) is 11.3 Å². The van der Waals surface area contributed by atoms with Crippen LogP contribution in [0.1, 0.15) is 19.3 Å². The van der Waals surface area contributed by atoms with Gasteiger partial charge in [0.2, 0.25) is 5.91 Å². The van der Waals surface area contributed by atoms with Gasteiger partial charge in [-0.3, -0.25) is 4.79 Å². The van der Waals surface area contributed by atoms with E-state index in [0.717, 1.165) is 0 Å². The van der Waals surface area contributed by atoms with Crippen LogP contribution < -0.4 is 0 Å². The Hall–Kier alpha value is -1.46. The third-order valence-corrected chi connectivity index (χ3v) is 2.94. The predicted octanol–water partition coefficient (Wildman–Crippen LogP) is 2.63. The normalized spacial score (nSPS) is 25.0. The van der Waals surface area contributed by atoms with Gasteiger partial charge in [0.05, 0.1) is 12.0 Å². The second kappa shape index (κ2) is 5.27. The van der Waals surface area contributed by atoms with Crippen LogP contribution >= 0.6 is 0 Å². The van der Waals surface area contributed by atoms with Crippen molar-refractivity contribution >= 4 is 5.91 Å². The summed E-state index contributed by atoms with van der Waals surface area (Å²) < 4.78 is 76.3. The van der Waals surface area contributed by atoms with Crippen LogP contribution in [0, 0.1) is 17.2 Å². The zero-order valence-electron chi connectivity index (χ0n) is 9.55. The number of alkyl halides is 6. The number of carbonyl (C=O) groups excluding carboxylic acids is 1. The summed E-state index contributed by atoms with van der Waals surface area (Å²) in [6.45, 7) is -0.419. The molecule has 0 spiro atoms. The Balaban J connectivity index is 3.10. The Kier molecular flexibility index (Phi) is 4.32. The Morgan fingerprint density at radius 2 is 1.79 bits per heavy atom. The average molecular weight is 288 g/mol. The van der Waals surface area contributed by atoms with Crippen molar-refractivity contribution in [2.45, 2.75) is 37.7 Å². The Labute approximate surface area is 104 Å². The fourth-order valence-electron chi connectivity index (χ4n) is 2.19. The average Bonchev–Trinajstić information content (AvgIpc) is 2.26.